The normalized spacial score (nSPS) is 11.7. The van der Waals surface area contributed by atoms with Crippen LogP contribution in [0.3, 0.4) is 0 Å². The van der Waals surface area contributed by atoms with Crippen molar-refractivity contribution in [2.75, 3.05) is 9.80 Å². The molecule has 11 aromatic rings. The van der Waals surface area contributed by atoms with E-state index in [1.54, 1.807) is 0 Å². The minimum atomic E-state index is 1.12. The summed E-state index contributed by atoms with van der Waals surface area (Å²) in [7, 11) is 0. The SMILES string of the molecule is Cc1ccc(N(c2ccc(C)cc2)c2ccc3c(c2)sc2cc4c5ccc(N(c6ccc(C)cc6)c6ccc(C)cc6)cc5n(-c5cccc6ccccc56)c4cc23)cc1. The molecule has 0 aliphatic heterocycles. The van der Waals surface area contributed by atoms with E-state index in [9.17, 15) is 0 Å². The molecule has 0 atom stereocenters. The van der Waals surface area contributed by atoms with E-state index in [2.05, 4.69) is 230 Å². The van der Waals surface area contributed by atoms with E-state index in [1.165, 1.54) is 80.7 Å². The second-order valence-electron chi connectivity index (χ2n) is 16.2. The van der Waals surface area contributed by atoms with Crippen LogP contribution in [-0.4, -0.2) is 4.57 Å². The van der Waals surface area contributed by atoms with Gasteiger partial charge in [-0.25, -0.2) is 0 Å². The van der Waals surface area contributed by atoms with E-state index in [-0.39, 0.29) is 0 Å². The summed E-state index contributed by atoms with van der Waals surface area (Å²) in [6, 6.07) is 69.7. The van der Waals surface area contributed by atoms with Crippen molar-refractivity contribution in [2.45, 2.75) is 27.7 Å². The van der Waals surface area contributed by atoms with Gasteiger partial charge in [0.25, 0.3) is 0 Å². The van der Waals surface area contributed by atoms with Crippen molar-refractivity contribution < 1.29 is 0 Å². The summed E-state index contributed by atoms with van der Waals surface area (Å²) >= 11 is 1.88. The van der Waals surface area contributed by atoms with Crippen LogP contribution in [0.15, 0.2) is 188 Å². The average molecular weight is 790 g/mol. The van der Waals surface area contributed by atoms with Crippen LogP contribution in [0.25, 0.3) is 58.4 Å². The molecule has 0 amide bonds. The Balaban J connectivity index is 1.14. The number of nitrogens with zero attached hydrogens (tertiary/aromatic N) is 3. The maximum atomic E-state index is 2.51. The molecule has 4 heteroatoms. The van der Waals surface area contributed by atoms with Crippen LogP contribution in [0, 0.1) is 27.7 Å². The number of thiophene rings is 1. The van der Waals surface area contributed by atoms with Crippen molar-refractivity contribution in [1.82, 2.24) is 4.57 Å². The lowest BCUT2D eigenvalue weighted by atomic mass is 10.1. The highest BCUT2D eigenvalue weighted by Gasteiger charge is 2.21. The van der Waals surface area contributed by atoms with Gasteiger partial charge in [0.2, 0.25) is 0 Å². The maximum Gasteiger partial charge on any atom is 0.0562 e. The van der Waals surface area contributed by atoms with Gasteiger partial charge in [-0.1, -0.05) is 119 Å². The monoisotopic (exact) mass is 789 g/mol. The predicted molar refractivity (Wildman–Crippen MR) is 259 cm³/mol. The van der Waals surface area contributed by atoms with Gasteiger partial charge in [0.05, 0.1) is 16.7 Å². The lowest BCUT2D eigenvalue weighted by Crippen LogP contribution is -2.10. The zero-order valence-electron chi connectivity index (χ0n) is 34.1. The second-order valence-corrected chi connectivity index (χ2v) is 17.3. The van der Waals surface area contributed by atoms with Crippen LogP contribution in [0.5, 0.6) is 0 Å². The summed E-state index contributed by atoms with van der Waals surface area (Å²) in [6.45, 7) is 8.58. The van der Waals surface area contributed by atoms with E-state index in [1.807, 2.05) is 11.3 Å². The number of hydrogen-bond acceptors (Lipinski definition) is 3. The first-order chi connectivity index (χ1) is 29.4. The Morgan fingerprint density at radius 3 is 1.35 bits per heavy atom. The number of anilines is 6. The van der Waals surface area contributed by atoms with Crippen LogP contribution in [-0.2, 0) is 0 Å². The lowest BCUT2D eigenvalue weighted by molar-refractivity contribution is 1.19. The van der Waals surface area contributed by atoms with E-state index >= 15 is 0 Å². The van der Waals surface area contributed by atoms with E-state index < -0.39 is 0 Å². The van der Waals surface area contributed by atoms with Crippen LogP contribution in [0.2, 0.25) is 0 Å². The highest BCUT2D eigenvalue weighted by molar-refractivity contribution is 7.26. The first-order valence-electron chi connectivity index (χ1n) is 20.7. The molecule has 0 aliphatic rings. The molecule has 0 saturated heterocycles. The molecule has 60 heavy (non-hydrogen) atoms. The predicted octanol–water partition coefficient (Wildman–Crippen LogP) is 16.5. The van der Waals surface area contributed by atoms with Crippen LogP contribution >= 0.6 is 11.3 Å². The minimum Gasteiger partial charge on any atom is -0.310 e. The number of fused-ring (bicyclic) bond motifs is 7. The maximum absolute atomic E-state index is 2.51. The van der Waals surface area contributed by atoms with Crippen molar-refractivity contribution in [3.05, 3.63) is 210 Å². The van der Waals surface area contributed by atoms with Crippen molar-refractivity contribution in [2.24, 2.45) is 0 Å². The van der Waals surface area contributed by atoms with Gasteiger partial charge in [-0.15, -0.1) is 11.3 Å². The number of aryl methyl sites for hydroxylation is 4. The van der Waals surface area contributed by atoms with Gasteiger partial charge in [-0.3, -0.25) is 0 Å². The third-order valence-electron chi connectivity index (χ3n) is 12.0. The first kappa shape index (κ1) is 36.0. The summed E-state index contributed by atoms with van der Waals surface area (Å²) in [5, 5.41) is 7.49. The highest BCUT2D eigenvalue weighted by Crippen LogP contribution is 2.46. The summed E-state index contributed by atoms with van der Waals surface area (Å²) in [4.78, 5) is 4.75. The number of hydrogen-bond donors (Lipinski definition) is 0. The van der Waals surface area contributed by atoms with Crippen molar-refractivity contribution in [1.29, 1.82) is 0 Å². The van der Waals surface area contributed by atoms with Gasteiger partial charge in [0.1, 0.15) is 0 Å². The summed E-state index contributed by atoms with van der Waals surface area (Å²) in [5.74, 6) is 0. The quantitative estimate of drug-likeness (QED) is 0.159. The van der Waals surface area contributed by atoms with Gasteiger partial charge in [-0.2, -0.15) is 0 Å². The molecule has 0 bridgehead atoms. The fourth-order valence-corrected chi connectivity index (χ4v) is 10.0. The van der Waals surface area contributed by atoms with Crippen molar-refractivity contribution in [3.63, 3.8) is 0 Å². The minimum absolute atomic E-state index is 1.12. The molecule has 0 saturated carbocycles. The second kappa shape index (κ2) is 14.3. The van der Waals surface area contributed by atoms with E-state index in [0.717, 1.165) is 34.1 Å². The Morgan fingerprint density at radius 2 is 0.783 bits per heavy atom. The Kier molecular flexibility index (Phi) is 8.57. The topological polar surface area (TPSA) is 11.4 Å². The van der Waals surface area contributed by atoms with Crippen LogP contribution in [0.1, 0.15) is 22.3 Å². The molecule has 3 nitrogen and oxygen atoms in total. The highest BCUT2D eigenvalue weighted by atomic mass is 32.1. The fourth-order valence-electron chi connectivity index (χ4n) is 8.87. The van der Waals surface area contributed by atoms with Gasteiger partial charge in [0, 0.05) is 70.5 Å². The summed E-state index contributed by atoms with van der Waals surface area (Å²) < 4.78 is 5.07. The van der Waals surface area contributed by atoms with Crippen molar-refractivity contribution >= 4 is 98.2 Å². The number of rotatable bonds is 7. The molecule has 9 aromatic carbocycles. The van der Waals surface area contributed by atoms with Crippen LogP contribution in [0.4, 0.5) is 34.1 Å². The molecule has 0 N–H and O–H groups in total. The van der Waals surface area contributed by atoms with Gasteiger partial charge in [0.15, 0.2) is 0 Å². The van der Waals surface area contributed by atoms with Gasteiger partial charge in [-0.05, 0) is 124 Å². The smallest absolute Gasteiger partial charge is 0.0562 e. The number of benzene rings is 9. The Hall–Kier alpha value is -7.14. The average Bonchev–Trinajstić information content (AvgIpc) is 3.79. The number of aromatic nitrogens is 1. The largest absolute Gasteiger partial charge is 0.310 e. The standard InChI is InChI=1S/C56H43N3S/c1-36-12-20-41(21-13-36)57(42-22-14-37(2)15-23-42)45-28-30-48-50-35-56-51(34-54(50)59(53(48)32-45)52-11-7-9-40-8-5-6-10-47(40)52)49-31-29-46(33-55(49)60-56)58(43-24-16-38(3)17-25-43)44-26-18-39(4)19-27-44/h5-35H,1-4H3. The summed E-state index contributed by atoms with van der Waals surface area (Å²) in [6.07, 6.45) is 0. The molecule has 0 radical (unpaired) electrons. The fraction of sp³-hybridized carbons (Fsp3) is 0.0714. The Bertz CT molecular complexity index is 3300. The molecule has 11 rings (SSSR count). The Labute approximate surface area is 354 Å². The van der Waals surface area contributed by atoms with Gasteiger partial charge < -0.3 is 14.4 Å². The van der Waals surface area contributed by atoms with E-state index in [0.29, 0.717) is 0 Å². The zero-order valence-corrected chi connectivity index (χ0v) is 35.0. The molecular formula is C56H43N3S. The molecule has 0 fully saturated rings. The van der Waals surface area contributed by atoms with Crippen molar-refractivity contribution in [3.8, 4) is 5.69 Å². The summed E-state index contributed by atoms with van der Waals surface area (Å²) in [5.41, 5.74) is 15.4. The molecule has 0 unspecified atom stereocenters. The lowest BCUT2D eigenvalue weighted by Gasteiger charge is -2.26. The third kappa shape index (κ3) is 6.11. The zero-order chi connectivity index (χ0) is 40.5. The molecular weight excluding hydrogens is 747 g/mol. The first-order valence-corrected chi connectivity index (χ1v) is 21.5. The van der Waals surface area contributed by atoms with Gasteiger partial charge >= 0.3 is 0 Å². The molecule has 288 valence electrons. The molecule has 0 spiro atoms. The molecule has 2 heterocycles. The molecule has 2 aromatic heterocycles. The van der Waals surface area contributed by atoms with Crippen LogP contribution < -0.4 is 9.80 Å². The molecule has 0 aliphatic carbocycles. The third-order valence-corrected chi connectivity index (χ3v) is 13.1. The Morgan fingerprint density at radius 1 is 0.333 bits per heavy atom. The van der Waals surface area contributed by atoms with E-state index in [4.69, 9.17) is 0 Å².